The van der Waals surface area contributed by atoms with E-state index in [4.69, 9.17) is 10.5 Å². The number of rotatable bonds is 5. The second-order valence-electron chi connectivity index (χ2n) is 5.49. The summed E-state index contributed by atoms with van der Waals surface area (Å²) in [4.78, 5) is 22.4. The Morgan fingerprint density at radius 2 is 2.17 bits per heavy atom. The van der Waals surface area contributed by atoms with Crippen LogP contribution in [0.15, 0.2) is 30.5 Å². The lowest BCUT2D eigenvalue weighted by atomic mass is 10.1. The Morgan fingerprint density at radius 1 is 1.35 bits per heavy atom. The Balaban J connectivity index is 1.61. The SMILES string of the molecule is CCOc1ccccc1CCC(=O)N1Cc2cnc(N)nc2C1. The van der Waals surface area contributed by atoms with Gasteiger partial charge in [-0.05, 0) is 25.0 Å². The number of aromatic nitrogens is 2. The number of aryl methyl sites for hydroxylation is 1. The fraction of sp³-hybridized carbons (Fsp3) is 0.353. The summed E-state index contributed by atoms with van der Waals surface area (Å²) >= 11 is 0. The van der Waals surface area contributed by atoms with Crippen molar-refractivity contribution in [2.75, 3.05) is 12.3 Å². The van der Waals surface area contributed by atoms with Gasteiger partial charge in [-0.1, -0.05) is 18.2 Å². The lowest BCUT2D eigenvalue weighted by Crippen LogP contribution is -2.25. The molecule has 0 unspecified atom stereocenters. The number of nitrogens with two attached hydrogens (primary N) is 1. The molecule has 0 atom stereocenters. The van der Waals surface area contributed by atoms with Gasteiger partial charge in [-0.2, -0.15) is 0 Å². The third-order valence-electron chi connectivity index (χ3n) is 3.91. The van der Waals surface area contributed by atoms with Crippen molar-refractivity contribution in [1.82, 2.24) is 14.9 Å². The van der Waals surface area contributed by atoms with Crippen LogP contribution in [-0.4, -0.2) is 27.4 Å². The number of hydrogen-bond acceptors (Lipinski definition) is 5. The van der Waals surface area contributed by atoms with Crippen LogP contribution in [0.4, 0.5) is 5.95 Å². The van der Waals surface area contributed by atoms with E-state index in [-0.39, 0.29) is 11.9 Å². The molecular weight excluding hydrogens is 292 g/mol. The minimum Gasteiger partial charge on any atom is -0.494 e. The molecule has 0 fully saturated rings. The Kier molecular flexibility index (Phi) is 4.41. The average Bonchev–Trinajstić information content (AvgIpc) is 2.97. The van der Waals surface area contributed by atoms with Crippen molar-refractivity contribution in [2.24, 2.45) is 0 Å². The van der Waals surface area contributed by atoms with Crippen molar-refractivity contribution in [3.05, 3.63) is 47.3 Å². The summed E-state index contributed by atoms with van der Waals surface area (Å²) in [5.74, 6) is 1.21. The summed E-state index contributed by atoms with van der Waals surface area (Å²) in [7, 11) is 0. The maximum absolute atomic E-state index is 12.4. The second-order valence-corrected chi connectivity index (χ2v) is 5.49. The van der Waals surface area contributed by atoms with E-state index in [0.29, 0.717) is 32.5 Å². The van der Waals surface area contributed by atoms with E-state index < -0.39 is 0 Å². The predicted octanol–water partition coefficient (Wildman–Crippen LogP) is 1.93. The molecule has 1 aromatic heterocycles. The molecule has 0 saturated carbocycles. The van der Waals surface area contributed by atoms with E-state index in [0.717, 1.165) is 22.6 Å². The third-order valence-corrected chi connectivity index (χ3v) is 3.91. The number of anilines is 1. The summed E-state index contributed by atoms with van der Waals surface area (Å²) in [5.41, 5.74) is 8.47. The summed E-state index contributed by atoms with van der Waals surface area (Å²) in [6.07, 6.45) is 2.81. The number of benzene rings is 1. The Morgan fingerprint density at radius 3 is 3.00 bits per heavy atom. The summed E-state index contributed by atoms with van der Waals surface area (Å²) < 4.78 is 5.60. The molecule has 2 heterocycles. The third kappa shape index (κ3) is 3.41. The first-order valence-electron chi connectivity index (χ1n) is 7.76. The fourth-order valence-electron chi connectivity index (χ4n) is 2.75. The van der Waals surface area contributed by atoms with Gasteiger partial charge in [0.1, 0.15) is 5.75 Å². The summed E-state index contributed by atoms with van der Waals surface area (Å²) in [5, 5.41) is 0. The number of carbonyl (C=O) groups is 1. The van der Waals surface area contributed by atoms with E-state index in [2.05, 4.69) is 9.97 Å². The van der Waals surface area contributed by atoms with Crippen LogP contribution in [0.2, 0.25) is 0 Å². The molecule has 1 aromatic carbocycles. The van der Waals surface area contributed by atoms with Gasteiger partial charge in [0.25, 0.3) is 0 Å². The minimum absolute atomic E-state index is 0.105. The molecule has 2 aromatic rings. The monoisotopic (exact) mass is 312 g/mol. The van der Waals surface area contributed by atoms with E-state index in [1.165, 1.54) is 0 Å². The van der Waals surface area contributed by atoms with Gasteiger partial charge >= 0.3 is 0 Å². The molecule has 0 aliphatic carbocycles. The van der Waals surface area contributed by atoms with Crippen molar-refractivity contribution in [1.29, 1.82) is 0 Å². The zero-order valence-electron chi connectivity index (χ0n) is 13.2. The highest BCUT2D eigenvalue weighted by atomic mass is 16.5. The quantitative estimate of drug-likeness (QED) is 0.912. The molecule has 3 rings (SSSR count). The first-order chi connectivity index (χ1) is 11.2. The molecule has 1 aliphatic rings. The Hall–Kier alpha value is -2.63. The second kappa shape index (κ2) is 6.64. The van der Waals surface area contributed by atoms with Gasteiger partial charge in [0.05, 0.1) is 18.8 Å². The molecule has 6 nitrogen and oxygen atoms in total. The van der Waals surface area contributed by atoms with Crippen LogP contribution in [0.5, 0.6) is 5.75 Å². The predicted molar refractivity (Wildman–Crippen MR) is 86.6 cm³/mol. The van der Waals surface area contributed by atoms with Crippen LogP contribution in [0.1, 0.15) is 30.2 Å². The maximum atomic E-state index is 12.4. The molecule has 0 bridgehead atoms. The van der Waals surface area contributed by atoms with E-state index in [1.54, 1.807) is 11.1 Å². The number of hydrogen-bond donors (Lipinski definition) is 1. The molecule has 23 heavy (non-hydrogen) atoms. The van der Waals surface area contributed by atoms with Crippen molar-refractivity contribution in [3.8, 4) is 5.75 Å². The first-order valence-corrected chi connectivity index (χ1v) is 7.76. The van der Waals surface area contributed by atoms with E-state index in [9.17, 15) is 4.79 Å². The molecule has 0 radical (unpaired) electrons. The van der Waals surface area contributed by atoms with Gasteiger partial charge in [0, 0.05) is 24.7 Å². The molecule has 6 heteroatoms. The number of nitrogen functional groups attached to an aromatic ring is 1. The normalized spacial score (nSPS) is 13.0. The zero-order valence-corrected chi connectivity index (χ0v) is 13.2. The number of amides is 1. The number of nitrogens with zero attached hydrogens (tertiary/aromatic N) is 3. The van der Waals surface area contributed by atoms with Crippen LogP contribution in [0.25, 0.3) is 0 Å². The van der Waals surface area contributed by atoms with Gasteiger partial charge in [-0.3, -0.25) is 4.79 Å². The van der Waals surface area contributed by atoms with Gasteiger partial charge in [0.2, 0.25) is 11.9 Å². The van der Waals surface area contributed by atoms with Crippen molar-refractivity contribution in [2.45, 2.75) is 32.9 Å². The van der Waals surface area contributed by atoms with Crippen molar-refractivity contribution in [3.63, 3.8) is 0 Å². The van der Waals surface area contributed by atoms with Crippen molar-refractivity contribution < 1.29 is 9.53 Å². The Labute approximate surface area is 135 Å². The molecular formula is C17H20N4O2. The maximum Gasteiger partial charge on any atom is 0.223 e. The lowest BCUT2D eigenvalue weighted by molar-refractivity contribution is -0.131. The van der Waals surface area contributed by atoms with E-state index in [1.807, 2.05) is 31.2 Å². The molecule has 2 N–H and O–H groups in total. The molecule has 1 amide bonds. The smallest absolute Gasteiger partial charge is 0.223 e. The summed E-state index contributed by atoms with van der Waals surface area (Å²) in [6.45, 7) is 3.64. The molecule has 0 spiro atoms. The van der Waals surface area contributed by atoms with Gasteiger partial charge in [-0.25, -0.2) is 9.97 Å². The topological polar surface area (TPSA) is 81.3 Å². The van der Waals surface area contributed by atoms with Crippen molar-refractivity contribution >= 4 is 11.9 Å². The van der Waals surface area contributed by atoms with Crippen LogP contribution >= 0.6 is 0 Å². The summed E-state index contributed by atoms with van der Waals surface area (Å²) in [6, 6.07) is 7.85. The highest BCUT2D eigenvalue weighted by Gasteiger charge is 2.24. The highest BCUT2D eigenvalue weighted by Crippen LogP contribution is 2.23. The zero-order chi connectivity index (χ0) is 16.2. The average molecular weight is 312 g/mol. The largest absolute Gasteiger partial charge is 0.494 e. The molecule has 1 aliphatic heterocycles. The number of carbonyl (C=O) groups excluding carboxylic acids is 1. The number of fused-ring (bicyclic) bond motifs is 1. The Bertz CT molecular complexity index is 717. The standard InChI is InChI=1S/C17H20N4O2/c1-2-23-15-6-4-3-5-12(15)7-8-16(22)21-10-13-9-19-17(18)20-14(13)11-21/h3-6,9H,2,7-8,10-11H2,1H3,(H2,18,19,20). The van der Waals surface area contributed by atoms with E-state index >= 15 is 0 Å². The van der Waals surface area contributed by atoms with Crippen LogP contribution in [-0.2, 0) is 24.3 Å². The first kappa shape index (κ1) is 15.3. The fourth-order valence-corrected chi connectivity index (χ4v) is 2.75. The number of para-hydroxylation sites is 1. The van der Waals surface area contributed by atoms with Crippen LogP contribution in [0, 0.1) is 0 Å². The molecule has 120 valence electrons. The lowest BCUT2D eigenvalue weighted by Gasteiger charge is -2.15. The van der Waals surface area contributed by atoms with Gasteiger partial charge < -0.3 is 15.4 Å². The van der Waals surface area contributed by atoms with Crippen LogP contribution < -0.4 is 10.5 Å². The van der Waals surface area contributed by atoms with Gasteiger partial charge in [-0.15, -0.1) is 0 Å². The molecule has 0 saturated heterocycles. The number of ether oxygens (including phenoxy) is 1. The van der Waals surface area contributed by atoms with Crippen LogP contribution in [0.3, 0.4) is 0 Å². The minimum atomic E-state index is 0.105. The highest BCUT2D eigenvalue weighted by molar-refractivity contribution is 5.77. The van der Waals surface area contributed by atoms with Gasteiger partial charge in [0.15, 0.2) is 0 Å².